The predicted molar refractivity (Wildman–Crippen MR) is 113 cm³/mol. The highest BCUT2D eigenvalue weighted by Gasteiger charge is 2.35. The lowest BCUT2D eigenvalue weighted by molar-refractivity contribution is -0.383. The van der Waals surface area contributed by atoms with Gasteiger partial charge in [-0.2, -0.15) is 0 Å². The number of hydrogen-bond acceptors (Lipinski definition) is 7. The van der Waals surface area contributed by atoms with Crippen LogP contribution < -0.4 is 14.4 Å². The minimum atomic E-state index is -1.01. The highest BCUT2D eigenvalue weighted by molar-refractivity contribution is 5.97. The lowest BCUT2D eigenvalue weighted by Gasteiger charge is -2.40. The van der Waals surface area contributed by atoms with Crippen molar-refractivity contribution >= 4 is 22.3 Å². The van der Waals surface area contributed by atoms with Gasteiger partial charge in [-0.15, -0.1) is 0 Å². The summed E-state index contributed by atoms with van der Waals surface area (Å²) in [6.07, 6.45) is 2.63. The first-order valence-corrected chi connectivity index (χ1v) is 9.68. The normalized spacial score (nSPS) is 15.8. The Labute approximate surface area is 173 Å². The molecule has 0 radical (unpaired) electrons. The maximum absolute atomic E-state index is 11.4. The van der Waals surface area contributed by atoms with Crippen LogP contribution in [0.25, 0.3) is 10.9 Å². The number of nitrogens with zero attached hydrogens (tertiary/aromatic N) is 3. The first-order valence-electron chi connectivity index (χ1n) is 9.68. The fourth-order valence-corrected chi connectivity index (χ4v) is 4.04. The van der Waals surface area contributed by atoms with Gasteiger partial charge in [-0.1, -0.05) is 0 Å². The molecule has 30 heavy (non-hydrogen) atoms. The lowest BCUT2D eigenvalue weighted by Crippen LogP contribution is -2.42. The Morgan fingerprint density at radius 1 is 1.10 bits per heavy atom. The van der Waals surface area contributed by atoms with Crippen LogP contribution in [0.3, 0.4) is 0 Å². The SMILES string of the molecule is COc1cc(OC)cc(C2(O)CCN(c3ccc([N+](=O)[O-])c4cccnc34)CC2)c1. The lowest BCUT2D eigenvalue weighted by atomic mass is 9.84. The van der Waals surface area contributed by atoms with Crippen molar-refractivity contribution in [3.8, 4) is 11.5 Å². The Hall–Kier alpha value is -3.39. The molecule has 8 heteroatoms. The molecule has 0 atom stereocenters. The molecular weight excluding hydrogens is 386 g/mol. The van der Waals surface area contributed by atoms with Crippen LogP contribution in [0, 0.1) is 10.1 Å². The van der Waals surface area contributed by atoms with E-state index in [-0.39, 0.29) is 10.6 Å². The Bertz CT molecular complexity index is 1070. The van der Waals surface area contributed by atoms with E-state index in [1.165, 1.54) is 6.07 Å². The number of hydrogen-bond donors (Lipinski definition) is 1. The molecule has 0 spiro atoms. The summed E-state index contributed by atoms with van der Waals surface area (Å²) in [5, 5.41) is 23.2. The van der Waals surface area contributed by atoms with Gasteiger partial charge in [0.2, 0.25) is 0 Å². The molecule has 1 N–H and O–H groups in total. The molecule has 1 aliphatic heterocycles. The van der Waals surface area contributed by atoms with Crippen molar-refractivity contribution in [1.29, 1.82) is 0 Å². The van der Waals surface area contributed by atoms with Gasteiger partial charge in [-0.05, 0) is 48.7 Å². The molecule has 0 bridgehead atoms. The molecule has 0 amide bonds. The molecule has 1 saturated heterocycles. The number of aliphatic hydroxyl groups is 1. The van der Waals surface area contributed by atoms with Gasteiger partial charge in [0.25, 0.3) is 5.69 Å². The van der Waals surface area contributed by atoms with Gasteiger partial charge < -0.3 is 19.5 Å². The number of piperidine rings is 1. The summed E-state index contributed by atoms with van der Waals surface area (Å²) in [6, 6.07) is 12.1. The summed E-state index contributed by atoms with van der Waals surface area (Å²) in [4.78, 5) is 17.5. The first kappa shape index (κ1) is 19.9. The summed E-state index contributed by atoms with van der Waals surface area (Å²) < 4.78 is 10.7. The van der Waals surface area contributed by atoms with Crippen molar-refractivity contribution in [1.82, 2.24) is 4.98 Å². The van der Waals surface area contributed by atoms with Crippen molar-refractivity contribution in [3.63, 3.8) is 0 Å². The van der Waals surface area contributed by atoms with Crippen LogP contribution in [-0.4, -0.2) is 42.3 Å². The second kappa shape index (κ2) is 7.79. The molecule has 2 aromatic carbocycles. The van der Waals surface area contributed by atoms with Gasteiger partial charge >= 0.3 is 0 Å². The first-order chi connectivity index (χ1) is 14.4. The van der Waals surface area contributed by atoms with Crippen molar-refractivity contribution < 1.29 is 19.5 Å². The Morgan fingerprint density at radius 3 is 2.37 bits per heavy atom. The third-order valence-corrected chi connectivity index (χ3v) is 5.74. The van der Waals surface area contributed by atoms with Gasteiger partial charge in [-0.25, -0.2) is 0 Å². The second-order valence-electron chi connectivity index (χ2n) is 7.38. The number of benzene rings is 2. The largest absolute Gasteiger partial charge is 0.497 e. The van der Waals surface area contributed by atoms with E-state index in [1.807, 2.05) is 12.1 Å². The Balaban J connectivity index is 1.63. The highest BCUT2D eigenvalue weighted by Crippen LogP contribution is 2.40. The number of ether oxygens (including phenoxy) is 2. The molecule has 0 saturated carbocycles. The maximum atomic E-state index is 11.4. The topological polar surface area (TPSA) is 98.0 Å². The third-order valence-electron chi connectivity index (χ3n) is 5.74. The van der Waals surface area contributed by atoms with E-state index < -0.39 is 5.60 Å². The number of pyridine rings is 1. The van der Waals surface area contributed by atoms with E-state index in [2.05, 4.69) is 9.88 Å². The summed E-state index contributed by atoms with van der Waals surface area (Å²) in [7, 11) is 3.16. The molecule has 3 aromatic rings. The zero-order chi connectivity index (χ0) is 21.3. The molecular formula is C22H23N3O5. The molecule has 156 valence electrons. The third kappa shape index (κ3) is 3.50. The Morgan fingerprint density at radius 2 is 1.77 bits per heavy atom. The van der Waals surface area contributed by atoms with Crippen molar-refractivity contribution in [2.75, 3.05) is 32.2 Å². The second-order valence-corrected chi connectivity index (χ2v) is 7.38. The van der Waals surface area contributed by atoms with Crippen LogP contribution in [0.4, 0.5) is 11.4 Å². The maximum Gasteiger partial charge on any atom is 0.278 e. The number of non-ortho nitro benzene ring substituents is 1. The monoisotopic (exact) mass is 409 g/mol. The number of anilines is 1. The average Bonchev–Trinajstić information content (AvgIpc) is 2.78. The number of nitro groups is 1. The van der Waals surface area contributed by atoms with E-state index in [9.17, 15) is 15.2 Å². The highest BCUT2D eigenvalue weighted by atomic mass is 16.6. The smallest absolute Gasteiger partial charge is 0.278 e. The van der Waals surface area contributed by atoms with E-state index in [1.54, 1.807) is 44.7 Å². The number of nitro benzene ring substituents is 1. The molecule has 1 fully saturated rings. The quantitative estimate of drug-likeness (QED) is 0.507. The predicted octanol–water partition coefficient (Wildman–Crippen LogP) is 3.65. The zero-order valence-corrected chi connectivity index (χ0v) is 16.9. The number of rotatable bonds is 5. The number of fused-ring (bicyclic) bond motifs is 1. The number of aromatic nitrogens is 1. The van der Waals surface area contributed by atoms with Crippen molar-refractivity contribution in [2.45, 2.75) is 18.4 Å². The summed E-state index contributed by atoms with van der Waals surface area (Å²) >= 11 is 0. The molecule has 1 aromatic heterocycles. The zero-order valence-electron chi connectivity index (χ0n) is 16.9. The molecule has 4 rings (SSSR count). The molecule has 0 unspecified atom stereocenters. The van der Waals surface area contributed by atoms with E-state index in [4.69, 9.17) is 9.47 Å². The number of methoxy groups -OCH3 is 2. The molecule has 8 nitrogen and oxygen atoms in total. The van der Waals surface area contributed by atoms with Gasteiger partial charge in [0.05, 0.1) is 35.8 Å². The minimum Gasteiger partial charge on any atom is -0.497 e. The van der Waals surface area contributed by atoms with Crippen LogP contribution >= 0.6 is 0 Å². The Kier molecular flexibility index (Phi) is 5.17. The fraction of sp³-hybridized carbons (Fsp3) is 0.318. The summed E-state index contributed by atoms with van der Waals surface area (Å²) in [6.45, 7) is 1.17. The van der Waals surface area contributed by atoms with Gasteiger partial charge in [0.15, 0.2) is 0 Å². The van der Waals surface area contributed by atoms with Crippen LogP contribution in [0.1, 0.15) is 18.4 Å². The summed E-state index contributed by atoms with van der Waals surface area (Å²) in [5.41, 5.74) is 1.22. The fourth-order valence-electron chi connectivity index (χ4n) is 4.04. The van der Waals surface area contributed by atoms with Crippen molar-refractivity contribution in [3.05, 3.63) is 64.3 Å². The molecule has 0 aliphatic carbocycles. The van der Waals surface area contributed by atoms with Crippen LogP contribution in [0.15, 0.2) is 48.7 Å². The van der Waals surface area contributed by atoms with Crippen molar-refractivity contribution in [2.24, 2.45) is 0 Å². The average molecular weight is 409 g/mol. The van der Waals surface area contributed by atoms with E-state index in [0.29, 0.717) is 48.3 Å². The van der Waals surface area contributed by atoms with Crippen LogP contribution in [0.5, 0.6) is 11.5 Å². The van der Waals surface area contributed by atoms with Gasteiger partial charge in [0, 0.05) is 31.4 Å². The minimum absolute atomic E-state index is 0.0406. The standard InChI is InChI=1S/C22H23N3O5/c1-29-16-12-15(13-17(14-16)30-2)22(26)7-10-24(11-8-22)20-6-5-19(25(27)28)18-4-3-9-23-21(18)20/h3-6,9,12-14,26H,7-8,10-11H2,1-2H3. The van der Waals surface area contributed by atoms with E-state index >= 15 is 0 Å². The van der Waals surface area contributed by atoms with Crippen LogP contribution in [0.2, 0.25) is 0 Å². The molecule has 2 heterocycles. The molecule has 1 aliphatic rings. The van der Waals surface area contributed by atoms with E-state index in [0.717, 1.165) is 11.3 Å². The van der Waals surface area contributed by atoms with Crippen LogP contribution in [-0.2, 0) is 5.60 Å². The van der Waals surface area contributed by atoms with Gasteiger partial charge in [-0.3, -0.25) is 15.1 Å². The summed E-state index contributed by atoms with van der Waals surface area (Å²) in [5.74, 6) is 1.26. The van der Waals surface area contributed by atoms with Gasteiger partial charge in [0.1, 0.15) is 17.0 Å².